The number of hydrogen-bond acceptors (Lipinski definition) is 3. The quantitative estimate of drug-likeness (QED) is 0.532. The minimum absolute atomic E-state index is 0.859. The summed E-state index contributed by atoms with van der Waals surface area (Å²) in [5, 5.41) is 13.7. The Morgan fingerprint density at radius 3 is 2.93 bits per heavy atom. The fraction of sp³-hybridized carbons (Fsp3) is 0.250. The molecule has 0 unspecified atom stereocenters. The molecular formula is C12H11NOS. The molecule has 1 aromatic carbocycles. The zero-order valence-corrected chi connectivity index (χ0v) is 9.05. The number of hydrogen-bond donors (Lipinski definition) is 1. The number of aryl methyl sites for hydroxylation is 1. The first-order valence-corrected chi connectivity index (χ1v) is 5.93. The molecule has 0 spiro atoms. The summed E-state index contributed by atoms with van der Waals surface area (Å²) in [7, 11) is 0. The number of nitrogens with zero attached hydrogens (tertiary/aromatic N) is 1. The number of thiophene rings is 1. The Morgan fingerprint density at radius 1 is 1.20 bits per heavy atom. The van der Waals surface area contributed by atoms with Crippen LogP contribution in [-0.4, -0.2) is 10.9 Å². The number of benzene rings is 1. The lowest BCUT2D eigenvalue weighted by atomic mass is 9.95. The maximum atomic E-state index is 8.96. The second kappa shape index (κ2) is 3.35. The van der Waals surface area contributed by atoms with Crippen LogP contribution in [0.5, 0.6) is 0 Å². The van der Waals surface area contributed by atoms with E-state index in [1.165, 1.54) is 20.5 Å². The molecule has 0 saturated carbocycles. The van der Waals surface area contributed by atoms with Gasteiger partial charge in [-0.1, -0.05) is 23.4 Å². The summed E-state index contributed by atoms with van der Waals surface area (Å²) in [6.07, 6.45) is 3.10. The van der Waals surface area contributed by atoms with Gasteiger partial charge in [-0.15, -0.1) is 11.3 Å². The van der Waals surface area contributed by atoms with Gasteiger partial charge >= 0.3 is 0 Å². The molecule has 1 aliphatic carbocycles. The molecule has 1 aliphatic rings. The van der Waals surface area contributed by atoms with Gasteiger partial charge in [-0.3, -0.25) is 0 Å². The van der Waals surface area contributed by atoms with E-state index in [2.05, 4.69) is 29.4 Å². The van der Waals surface area contributed by atoms with Crippen molar-refractivity contribution in [3.63, 3.8) is 0 Å². The van der Waals surface area contributed by atoms with Gasteiger partial charge in [0.2, 0.25) is 0 Å². The van der Waals surface area contributed by atoms with Crippen molar-refractivity contribution in [1.82, 2.24) is 0 Å². The molecule has 0 amide bonds. The van der Waals surface area contributed by atoms with Crippen LogP contribution in [0, 0.1) is 0 Å². The van der Waals surface area contributed by atoms with Gasteiger partial charge in [0.1, 0.15) is 0 Å². The number of oxime groups is 1. The topological polar surface area (TPSA) is 32.6 Å². The maximum absolute atomic E-state index is 8.96. The predicted octanol–water partition coefficient (Wildman–Crippen LogP) is 3.42. The fourth-order valence-electron chi connectivity index (χ4n) is 2.22. The number of rotatable bonds is 0. The molecule has 76 valence electrons. The molecule has 0 saturated heterocycles. The monoisotopic (exact) mass is 217 g/mol. The third-order valence-electron chi connectivity index (χ3n) is 2.92. The largest absolute Gasteiger partial charge is 0.411 e. The van der Waals surface area contributed by atoms with Crippen LogP contribution in [0.25, 0.3) is 10.1 Å². The highest BCUT2D eigenvalue weighted by Gasteiger charge is 2.20. The molecule has 0 radical (unpaired) electrons. The average molecular weight is 217 g/mol. The SMILES string of the molecule is ON=C1CCCc2c1sc1ccccc21. The summed E-state index contributed by atoms with van der Waals surface area (Å²) < 4.78 is 1.30. The van der Waals surface area contributed by atoms with Gasteiger partial charge in [0.05, 0.1) is 10.6 Å². The van der Waals surface area contributed by atoms with Crippen LogP contribution in [0.3, 0.4) is 0 Å². The highest BCUT2D eigenvalue weighted by Crippen LogP contribution is 2.36. The Bertz CT molecular complexity index is 542. The Balaban J connectivity index is 2.34. The highest BCUT2D eigenvalue weighted by atomic mass is 32.1. The van der Waals surface area contributed by atoms with Crippen LogP contribution in [0.15, 0.2) is 29.4 Å². The van der Waals surface area contributed by atoms with Crippen LogP contribution < -0.4 is 0 Å². The zero-order valence-electron chi connectivity index (χ0n) is 8.23. The van der Waals surface area contributed by atoms with Gasteiger partial charge in [0, 0.05) is 4.70 Å². The van der Waals surface area contributed by atoms with E-state index >= 15 is 0 Å². The van der Waals surface area contributed by atoms with E-state index in [0.717, 1.165) is 25.0 Å². The molecule has 0 aliphatic heterocycles. The normalized spacial score (nSPS) is 18.3. The van der Waals surface area contributed by atoms with E-state index in [-0.39, 0.29) is 0 Å². The maximum Gasteiger partial charge on any atom is 0.0970 e. The van der Waals surface area contributed by atoms with Crippen LogP contribution in [-0.2, 0) is 6.42 Å². The van der Waals surface area contributed by atoms with E-state index in [0.29, 0.717) is 0 Å². The smallest absolute Gasteiger partial charge is 0.0970 e. The second-order valence-electron chi connectivity index (χ2n) is 3.81. The minimum atomic E-state index is 0.859. The lowest BCUT2D eigenvalue weighted by molar-refractivity contribution is 0.317. The Hall–Kier alpha value is -1.35. The first kappa shape index (κ1) is 8.92. The van der Waals surface area contributed by atoms with Gasteiger partial charge in [-0.2, -0.15) is 0 Å². The Kier molecular flexibility index (Phi) is 1.99. The van der Waals surface area contributed by atoms with Crippen LogP contribution in [0.1, 0.15) is 23.3 Å². The summed E-state index contributed by atoms with van der Waals surface area (Å²) in [4.78, 5) is 1.19. The highest BCUT2D eigenvalue weighted by molar-refractivity contribution is 7.21. The molecule has 1 N–H and O–H groups in total. The molecule has 0 bridgehead atoms. The van der Waals surface area contributed by atoms with Crippen molar-refractivity contribution >= 4 is 27.1 Å². The Labute approximate surface area is 91.9 Å². The summed E-state index contributed by atoms with van der Waals surface area (Å²) in [6, 6.07) is 8.41. The molecule has 3 rings (SSSR count). The minimum Gasteiger partial charge on any atom is -0.411 e. The van der Waals surface area contributed by atoms with Crippen molar-refractivity contribution < 1.29 is 5.21 Å². The van der Waals surface area contributed by atoms with E-state index in [1.54, 1.807) is 11.3 Å². The molecule has 2 aromatic rings. The lowest BCUT2D eigenvalue weighted by Crippen LogP contribution is -2.08. The summed E-state index contributed by atoms with van der Waals surface area (Å²) in [5.74, 6) is 0. The molecular weight excluding hydrogens is 206 g/mol. The zero-order chi connectivity index (χ0) is 10.3. The van der Waals surface area contributed by atoms with Crippen LogP contribution in [0.4, 0.5) is 0 Å². The van der Waals surface area contributed by atoms with Crippen molar-refractivity contribution in [3.8, 4) is 0 Å². The fourth-order valence-corrected chi connectivity index (χ4v) is 3.49. The van der Waals surface area contributed by atoms with Gasteiger partial charge < -0.3 is 5.21 Å². The average Bonchev–Trinajstić information content (AvgIpc) is 2.67. The molecule has 2 nitrogen and oxygen atoms in total. The summed E-state index contributed by atoms with van der Waals surface area (Å²) >= 11 is 1.74. The molecule has 1 aromatic heterocycles. The summed E-state index contributed by atoms with van der Waals surface area (Å²) in [5.41, 5.74) is 2.23. The molecule has 15 heavy (non-hydrogen) atoms. The first-order chi connectivity index (χ1) is 7.40. The van der Waals surface area contributed by atoms with Crippen molar-refractivity contribution in [1.29, 1.82) is 0 Å². The van der Waals surface area contributed by atoms with Gasteiger partial charge in [0.25, 0.3) is 0 Å². The van der Waals surface area contributed by atoms with E-state index in [9.17, 15) is 0 Å². The molecule has 0 fully saturated rings. The van der Waals surface area contributed by atoms with Gasteiger partial charge in [-0.05, 0) is 36.3 Å². The van der Waals surface area contributed by atoms with E-state index in [4.69, 9.17) is 5.21 Å². The van der Waals surface area contributed by atoms with Crippen LogP contribution in [0.2, 0.25) is 0 Å². The third kappa shape index (κ3) is 1.27. The standard InChI is InChI=1S/C12H11NOS/c14-13-10-6-3-5-9-8-4-1-2-7-11(8)15-12(9)10/h1-2,4,7,14H,3,5-6H2. The third-order valence-corrected chi connectivity index (χ3v) is 4.18. The Morgan fingerprint density at radius 2 is 2.07 bits per heavy atom. The van der Waals surface area contributed by atoms with Crippen molar-refractivity contribution in [2.45, 2.75) is 19.3 Å². The summed E-state index contributed by atoms with van der Waals surface area (Å²) in [6.45, 7) is 0. The number of fused-ring (bicyclic) bond motifs is 3. The van der Waals surface area contributed by atoms with Crippen LogP contribution >= 0.6 is 11.3 Å². The van der Waals surface area contributed by atoms with Gasteiger partial charge in [0.15, 0.2) is 0 Å². The van der Waals surface area contributed by atoms with Crippen molar-refractivity contribution in [3.05, 3.63) is 34.7 Å². The van der Waals surface area contributed by atoms with Crippen molar-refractivity contribution in [2.24, 2.45) is 5.16 Å². The first-order valence-electron chi connectivity index (χ1n) is 5.12. The molecule has 1 heterocycles. The predicted molar refractivity (Wildman–Crippen MR) is 63.1 cm³/mol. The van der Waals surface area contributed by atoms with E-state index < -0.39 is 0 Å². The van der Waals surface area contributed by atoms with E-state index in [1.807, 2.05) is 0 Å². The van der Waals surface area contributed by atoms with Gasteiger partial charge in [-0.25, -0.2) is 0 Å². The second-order valence-corrected chi connectivity index (χ2v) is 4.86. The molecule has 3 heteroatoms. The lowest BCUT2D eigenvalue weighted by Gasteiger charge is -2.11. The van der Waals surface area contributed by atoms with Crippen molar-refractivity contribution in [2.75, 3.05) is 0 Å². The molecule has 0 atom stereocenters.